The van der Waals surface area contributed by atoms with E-state index < -0.39 is 0 Å². The number of aromatic amines is 1. The fourth-order valence-electron chi connectivity index (χ4n) is 5.04. The topological polar surface area (TPSA) is 84.8 Å². The summed E-state index contributed by atoms with van der Waals surface area (Å²) in [7, 11) is 0. The molecular weight excluding hydrogens is 426 g/mol. The lowest BCUT2D eigenvalue weighted by molar-refractivity contribution is 0.177. The summed E-state index contributed by atoms with van der Waals surface area (Å²) in [6, 6.07) is 10.1. The number of nitrogens with zero attached hydrogens (tertiary/aromatic N) is 6. The Morgan fingerprint density at radius 3 is 2.62 bits per heavy atom. The summed E-state index contributed by atoms with van der Waals surface area (Å²) in [6.45, 7) is 4.49. The fraction of sp³-hybridized carbons (Fsp3) is 0.385. The van der Waals surface area contributed by atoms with Crippen molar-refractivity contribution >= 4 is 16.9 Å². The van der Waals surface area contributed by atoms with Crippen molar-refractivity contribution in [2.24, 2.45) is 17.8 Å². The van der Waals surface area contributed by atoms with Crippen LogP contribution in [0.5, 0.6) is 0 Å². The summed E-state index contributed by atoms with van der Waals surface area (Å²) in [5.74, 6) is 10.2. The van der Waals surface area contributed by atoms with Crippen LogP contribution >= 0.6 is 0 Å². The van der Waals surface area contributed by atoms with Gasteiger partial charge in [-0.1, -0.05) is 30.3 Å². The number of benzene rings is 1. The average molecular weight is 452 g/mol. The lowest BCUT2D eigenvalue weighted by Crippen LogP contribution is -2.24. The maximum Gasteiger partial charge on any atom is 0.209 e. The lowest BCUT2D eigenvalue weighted by Gasteiger charge is -2.19. The molecule has 8 nitrogen and oxygen atoms in total. The standard InChI is InChI=1S/C26H25N7O/c1-2-4-18(5-3-1)22-11-27-23(29-22)8-9-24-30-25(32-13-19-15-34-16-20(19)14-32)21-10-28-33(26(21)31-24)12-17-6-7-17/h1-5,10-11,17,19-20H,6-7,12-16H2,(H,27,29)/t19-,20+. The zero-order valence-electron chi connectivity index (χ0n) is 18.8. The zero-order chi connectivity index (χ0) is 22.5. The first kappa shape index (κ1) is 19.7. The van der Waals surface area contributed by atoms with Crippen LogP contribution in [0.1, 0.15) is 24.5 Å². The van der Waals surface area contributed by atoms with Gasteiger partial charge in [-0.25, -0.2) is 19.6 Å². The van der Waals surface area contributed by atoms with Gasteiger partial charge in [0.15, 0.2) is 11.5 Å². The van der Waals surface area contributed by atoms with Crippen molar-refractivity contribution in [3.63, 3.8) is 0 Å². The first-order valence-electron chi connectivity index (χ1n) is 12.0. The van der Waals surface area contributed by atoms with Crippen LogP contribution in [0.3, 0.4) is 0 Å². The largest absolute Gasteiger partial charge is 0.381 e. The molecule has 0 bridgehead atoms. The second kappa shape index (κ2) is 7.96. The summed E-state index contributed by atoms with van der Waals surface area (Å²) < 4.78 is 7.71. The molecule has 0 radical (unpaired) electrons. The first-order chi connectivity index (χ1) is 16.8. The molecule has 1 N–H and O–H groups in total. The summed E-state index contributed by atoms with van der Waals surface area (Å²) in [5, 5.41) is 5.68. The number of hydrogen-bond acceptors (Lipinski definition) is 6. The quantitative estimate of drug-likeness (QED) is 0.480. The Kier molecular flexibility index (Phi) is 4.62. The van der Waals surface area contributed by atoms with Gasteiger partial charge in [0.25, 0.3) is 0 Å². The van der Waals surface area contributed by atoms with Gasteiger partial charge < -0.3 is 14.6 Å². The third-order valence-electron chi connectivity index (χ3n) is 7.10. The molecule has 1 aliphatic carbocycles. The monoisotopic (exact) mass is 451 g/mol. The zero-order valence-corrected chi connectivity index (χ0v) is 18.8. The third kappa shape index (κ3) is 3.62. The van der Waals surface area contributed by atoms with E-state index in [1.807, 2.05) is 47.4 Å². The Morgan fingerprint density at radius 1 is 1.00 bits per heavy atom. The molecule has 7 rings (SSSR count). The number of H-pyrrole nitrogens is 1. The fourth-order valence-corrected chi connectivity index (χ4v) is 5.04. The SMILES string of the molecule is C(#Cc1ncc(-c2ccccc2)[nH]1)c1nc(N2C[C@H]3COC[C@H]3C2)c2cnn(CC3CC3)c2n1. The van der Waals surface area contributed by atoms with Crippen molar-refractivity contribution in [3.8, 4) is 23.1 Å². The highest BCUT2D eigenvalue weighted by molar-refractivity contribution is 5.87. The van der Waals surface area contributed by atoms with E-state index in [1.165, 1.54) is 12.8 Å². The number of hydrogen-bond donors (Lipinski definition) is 1. The van der Waals surface area contributed by atoms with Gasteiger partial charge in [0.1, 0.15) is 5.82 Å². The minimum Gasteiger partial charge on any atom is -0.381 e. The van der Waals surface area contributed by atoms with E-state index in [9.17, 15) is 0 Å². The minimum atomic E-state index is 0.506. The van der Waals surface area contributed by atoms with Gasteiger partial charge in [-0.2, -0.15) is 5.10 Å². The highest BCUT2D eigenvalue weighted by Gasteiger charge is 2.38. The van der Waals surface area contributed by atoms with Crippen LogP contribution in [0.25, 0.3) is 22.3 Å². The highest BCUT2D eigenvalue weighted by Crippen LogP contribution is 2.36. The molecule has 5 heterocycles. The van der Waals surface area contributed by atoms with Gasteiger partial charge in [-0.3, -0.25) is 0 Å². The normalized spacial score (nSPS) is 21.6. The van der Waals surface area contributed by atoms with Crippen LogP contribution < -0.4 is 4.90 Å². The van der Waals surface area contributed by atoms with Crippen molar-refractivity contribution in [1.29, 1.82) is 0 Å². The second-order valence-electron chi connectivity index (χ2n) is 9.60. The molecule has 2 saturated heterocycles. The van der Waals surface area contributed by atoms with Gasteiger partial charge in [0, 0.05) is 31.5 Å². The van der Waals surface area contributed by atoms with Crippen LogP contribution in [0.2, 0.25) is 0 Å². The molecule has 2 atom stereocenters. The van der Waals surface area contributed by atoms with Crippen LogP contribution in [0.4, 0.5) is 5.82 Å². The predicted octanol–water partition coefficient (Wildman–Crippen LogP) is 3.11. The van der Waals surface area contributed by atoms with Crippen LogP contribution in [-0.2, 0) is 11.3 Å². The summed E-state index contributed by atoms with van der Waals surface area (Å²) in [6.07, 6.45) is 6.27. The van der Waals surface area contributed by atoms with Crippen LogP contribution in [-0.4, -0.2) is 56.0 Å². The second-order valence-corrected chi connectivity index (χ2v) is 9.60. The maximum atomic E-state index is 5.67. The molecular formula is C26H25N7O. The van der Waals surface area contributed by atoms with E-state index in [0.717, 1.165) is 61.0 Å². The average Bonchev–Trinajstić information content (AvgIpc) is 3.23. The summed E-state index contributed by atoms with van der Waals surface area (Å²) in [5.41, 5.74) is 2.89. The van der Waals surface area contributed by atoms with Crippen LogP contribution in [0.15, 0.2) is 42.7 Å². The Hall–Kier alpha value is -3.70. The molecule has 3 aromatic heterocycles. The molecule has 34 heavy (non-hydrogen) atoms. The third-order valence-corrected chi connectivity index (χ3v) is 7.10. The number of aromatic nitrogens is 6. The number of imidazole rings is 1. The number of ether oxygens (including phenoxy) is 1. The van der Waals surface area contributed by atoms with Gasteiger partial charge in [0.05, 0.1) is 36.7 Å². The van der Waals surface area contributed by atoms with Gasteiger partial charge in [-0.15, -0.1) is 0 Å². The van der Waals surface area contributed by atoms with Crippen molar-refractivity contribution in [2.45, 2.75) is 19.4 Å². The molecule has 2 aliphatic heterocycles. The van der Waals surface area contributed by atoms with Gasteiger partial charge in [0.2, 0.25) is 5.82 Å². The van der Waals surface area contributed by atoms with Crippen molar-refractivity contribution < 1.29 is 4.74 Å². The van der Waals surface area contributed by atoms with E-state index >= 15 is 0 Å². The molecule has 1 saturated carbocycles. The minimum absolute atomic E-state index is 0.506. The van der Waals surface area contributed by atoms with E-state index in [4.69, 9.17) is 14.7 Å². The van der Waals surface area contributed by atoms with Crippen LogP contribution in [0, 0.1) is 29.6 Å². The van der Waals surface area contributed by atoms with Crippen molar-refractivity contribution in [3.05, 3.63) is 54.4 Å². The molecule has 3 aliphatic rings. The molecule has 0 unspecified atom stereocenters. The van der Waals surface area contributed by atoms with E-state index in [0.29, 0.717) is 29.4 Å². The number of rotatable bonds is 4. The number of nitrogens with one attached hydrogen (secondary N) is 1. The Morgan fingerprint density at radius 2 is 1.82 bits per heavy atom. The van der Waals surface area contributed by atoms with Gasteiger partial charge >= 0.3 is 0 Å². The van der Waals surface area contributed by atoms with Crippen molar-refractivity contribution in [2.75, 3.05) is 31.2 Å². The molecule has 3 fully saturated rings. The first-order valence-corrected chi connectivity index (χ1v) is 12.0. The predicted molar refractivity (Wildman–Crippen MR) is 128 cm³/mol. The number of fused-ring (bicyclic) bond motifs is 2. The van der Waals surface area contributed by atoms with Gasteiger partial charge in [-0.05, 0) is 36.2 Å². The van der Waals surface area contributed by atoms with Crippen molar-refractivity contribution in [1.82, 2.24) is 29.7 Å². The maximum absolute atomic E-state index is 5.67. The van der Waals surface area contributed by atoms with E-state index in [1.54, 1.807) is 0 Å². The Bertz CT molecular complexity index is 1400. The molecule has 4 aromatic rings. The Balaban J connectivity index is 1.25. The Labute approximate surface area is 197 Å². The highest BCUT2D eigenvalue weighted by atomic mass is 16.5. The molecule has 0 amide bonds. The number of anilines is 1. The lowest BCUT2D eigenvalue weighted by atomic mass is 10.0. The van der Waals surface area contributed by atoms with E-state index in [2.05, 4.69) is 31.8 Å². The van der Waals surface area contributed by atoms with E-state index in [-0.39, 0.29) is 0 Å². The summed E-state index contributed by atoms with van der Waals surface area (Å²) in [4.78, 5) is 19.8. The molecule has 8 heteroatoms. The smallest absolute Gasteiger partial charge is 0.209 e. The summed E-state index contributed by atoms with van der Waals surface area (Å²) >= 11 is 0. The molecule has 170 valence electrons. The molecule has 1 aromatic carbocycles. The molecule has 0 spiro atoms.